The summed E-state index contributed by atoms with van der Waals surface area (Å²) in [4.78, 5) is 11.4. The highest BCUT2D eigenvalue weighted by molar-refractivity contribution is 5.78. The smallest absolute Gasteiger partial charge is 0.133 e. The van der Waals surface area contributed by atoms with Gasteiger partial charge >= 0.3 is 0 Å². The first kappa shape index (κ1) is 17.6. The number of unbranched alkanes of at least 4 members (excludes halogenated alkanes) is 8. The Labute approximate surface area is 112 Å². The summed E-state index contributed by atoms with van der Waals surface area (Å²) >= 11 is 0. The van der Waals surface area contributed by atoms with Gasteiger partial charge in [-0.2, -0.15) is 0 Å². The highest BCUT2D eigenvalue weighted by atomic mass is 16.5. The van der Waals surface area contributed by atoms with E-state index in [4.69, 9.17) is 0 Å². The predicted octanol–water partition coefficient (Wildman–Crippen LogP) is 3.32. The van der Waals surface area contributed by atoms with E-state index in [1.807, 2.05) is 0 Å². The number of hydrogen-bond donors (Lipinski definition) is 1. The van der Waals surface area contributed by atoms with E-state index in [1.54, 1.807) is 0 Å². The van der Waals surface area contributed by atoms with Gasteiger partial charge in [-0.05, 0) is 6.42 Å². The van der Waals surface area contributed by atoms with Crippen LogP contribution in [0.4, 0.5) is 0 Å². The quantitative estimate of drug-likeness (QED) is 0.383. The van der Waals surface area contributed by atoms with Gasteiger partial charge in [-0.3, -0.25) is 4.79 Å². The molecule has 0 amide bonds. The van der Waals surface area contributed by atoms with Gasteiger partial charge in [-0.25, -0.2) is 0 Å². The zero-order chi connectivity index (χ0) is 13.5. The van der Waals surface area contributed by atoms with Crippen molar-refractivity contribution in [1.82, 2.24) is 0 Å². The topological polar surface area (TPSA) is 56.7 Å². The Hall–Kier alpha value is -0.410. The van der Waals surface area contributed by atoms with Crippen molar-refractivity contribution in [2.75, 3.05) is 6.54 Å². The average Bonchev–Trinajstić information content (AvgIpc) is 2.37. The van der Waals surface area contributed by atoms with Crippen LogP contribution in [0.2, 0.25) is 0 Å². The van der Waals surface area contributed by atoms with E-state index in [0.717, 1.165) is 18.3 Å². The van der Waals surface area contributed by atoms with Gasteiger partial charge in [0.2, 0.25) is 0 Å². The lowest BCUT2D eigenvalue weighted by Gasteiger charge is -2.03. The van der Waals surface area contributed by atoms with Gasteiger partial charge in [0.15, 0.2) is 0 Å². The molecule has 0 unspecified atom stereocenters. The summed E-state index contributed by atoms with van der Waals surface area (Å²) in [6.45, 7) is 2.77. The summed E-state index contributed by atoms with van der Waals surface area (Å²) in [6, 6.07) is 0. The minimum Gasteiger partial charge on any atom is -0.636 e. The van der Waals surface area contributed by atoms with Crippen molar-refractivity contribution in [3.05, 3.63) is 5.21 Å². The fourth-order valence-electron chi connectivity index (χ4n) is 2.14. The zero-order valence-corrected chi connectivity index (χ0v) is 12.1. The number of hydroxylamine groups is 1. The van der Waals surface area contributed by atoms with E-state index < -0.39 is 0 Å². The lowest BCUT2D eigenvalue weighted by atomic mass is 10.0. The molecule has 0 saturated heterocycles. The van der Waals surface area contributed by atoms with Crippen LogP contribution >= 0.6 is 0 Å². The molecule has 3 heteroatoms. The van der Waals surface area contributed by atoms with Crippen LogP contribution in [-0.2, 0) is 4.79 Å². The summed E-state index contributed by atoms with van der Waals surface area (Å²) in [7, 11) is 0. The van der Waals surface area contributed by atoms with Crippen molar-refractivity contribution < 1.29 is 10.3 Å². The number of carbonyl (C=O) groups excluding carboxylic acids is 1. The van der Waals surface area contributed by atoms with Crippen LogP contribution in [0.3, 0.4) is 0 Å². The highest BCUT2D eigenvalue weighted by Gasteiger charge is 2.01. The van der Waals surface area contributed by atoms with Gasteiger partial charge < -0.3 is 10.7 Å². The Bertz CT molecular complexity index is 183. The molecule has 0 saturated carbocycles. The molecule has 0 atom stereocenters. The number of ketones is 1. The molecule has 0 heterocycles. The first-order valence-electron chi connectivity index (χ1n) is 7.76. The number of nitrogens with two attached hydrogens (primary N) is 1. The first-order valence-corrected chi connectivity index (χ1v) is 7.76. The second kappa shape index (κ2) is 14.7. The Balaban J connectivity index is 3.08. The SMILES string of the molecule is CCCCCCCCCCCC(=O)CCC[NH2+][O-]. The third-order valence-electron chi connectivity index (χ3n) is 3.34. The van der Waals surface area contributed by atoms with Crippen molar-refractivity contribution in [3.8, 4) is 0 Å². The molecule has 0 aromatic heterocycles. The monoisotopic (exact) mass is 257 g/mol. The molecule has 3 nitrogen and oxygen atoms in total. The largest absolute Gasteiger partial charge is 0.636 e. The van der Waals surface area contributed by atoms with Gasteiger partial charge in [0, 0.05) is 19.3 Å². The average molecular weight is 257 g/mol. The van der Waals surface area contributed by atoms with E-state index in [1.165, 1.54) is 51.4 Å². The molecule has 0 bridgehead atoms. The highest BCUT2D eigenvalue weighted by Crippen LogP contribution is 2.11. The normalized spacial score (nSPS) is 10.8. The van der Waals surface area contributed by atoms with Crippen molar-refractivity contribution in [1.29, 1.82) is 0 Å². The number of carbonyl (C=O) groups is 1. The summed E-state index contributed by atoms with van der Waals surface area (Å²) < 4.78 is 0. The molecule has 0 fully saturated rings. The van der Waals surface area contributed by atoms with Crippen molar-refractivity contribution in [2.45, 2.75) is 84.0 Å². The third-order valence-corrected chi connectivity index (χ3v) is 3.34. The van der Waals surface area contributed by atoms with E-state index >= 15 is 0 Å². The summed E-state index contributed by atoms with van der Waals surface area (Å²) in [5.41, 5.74) is 0.895. The maximum absolute atomic E-state index is 11.4. The van der Waals surface area contributed by atoms with E-state index in [-0.39, 0.29) is 0 Å². The van der Waals surface area contributed by atoms with Crippen LogP contribution in [-0.4, -0.2) is 12.3 Å². The maximum atomic E-state index is 11.4. The molecule has 2 N–H and O–H groups in total. The number of quaternary nitrogens is 1. The molecular weight excluding hydrogens is 226 g/mol. The van der Waals surface area contributed by atoms with Gasteiger partial charge in [0.1, 0.15) is 5.78 Å². The van der Waals surface area contributed by atoms with E-state index in [2.05, 4.69) is 6.92 Å². The Kier molecular flexibility index (Phi) is 14.3. The number of rotatable bonds is 14. The molecular formula is C15H31NO2. The second-order valence-electron chi connectivity index (χ2n) is 5.18. The standard InChI is InChI=1S/C15H31NO2/c1-2-3-4-5-6-7-8-9-10-12-15(17)13-11-14-16-18/h2-14,16H2,1H3. The lowest BCUT2D eigenvalue weighted by molar-refractivity contribution is -0.588. The molecule has 0 radical (unpaired) electrons. The Morgan fingerprint density at radius 3 is 1.89 bits per heavy atom. The molecule has 0 spiro atoms. The van der Waals surface area contributed by atoms with Crippen molar-refractivity contribution in [2.24, 2.45) is 0 Å². The van der Waals surface area contributed by atoms with Crippen LogP contribution in [0.15, 0.2) is 0 Å². The number of hydrogen-bond acceptors (Lipinski definition) is 2. The van der Waals surface area contributed by atoms with E-state index in [9.17, 15) is 10.0 Å². The van der Waals surface area contributed by atoms with Crippen LogP contribution in [0.5, 0.6) is 0 Å². The van der Waals surface area contributed by atoms with Gasteiger partial charge in [-0.15, -0.1) is 0 Å². The van der Waals surface area contributed by atoms with E-state index in [0.29, 0.717) is 25.2 Å². The van der Waals surface area contributed by atoms with Crippen LogP contribution in [0.25, 0.3) is 0 Å². The van der Waals surface area contributed by atoms with Crippen LogP contribution < -0.4 is 5.48 Å². The van der Waals surface area contributed by atoms with Gasteiger partial charge in [-0.1, -0.05) is 58.3 Å². The minimum absolute atomic E-state index is 0.333. The molecule has 0 aliphatic rings. The van der Waals surface area contributed by atoms with Crippen LogP contribution in [0.1, 0.15) is 84.0 Å². The molecule has 0 aliphatic heterocycles. The fraction of sp³-hybridized carbons (Fsp3) is 0.933. The maximum Gasteiger partial charge on any atom is 0.133 e. The predicted molar refractivity (Wildman–Crippen MR) is 76.2 cm³/mol. The second-order valence-corrected chi connectivity index (χ2v) is 5.18. The minimum atomic E-state index is 0.333. The summed E-state index contributed by atoms with van der Waals surface area (Å²) in [5.74, 6) is 0.333. The van der Waals surface area contributed by atoms with Gasteiger partial charge in [0.05, 0.1) is 6.54 Å². The summed E-state index contributed by atoms with van der Waals surface area (Å²) in [6.07, 6.45) is 13.7. The molecule has 18 heavy (non-hydrogen) atoms. The van der Waals surface area contributed by atoms with Crippen molar-refractivity contribution in [3.63, 3.8) is 0 Å². The lowest BCUT2D eigenvalue weighted by Crippen LogP contribution is -2.77. The molecule has 108 valence electrons. The molecule has 0 aromatic carbocycles. The Morgan fingerprint density at radius 2 is 1.33 bits per heavy atom. The molecule has 0 aliphatic carbocycles. The molecule has 0 rings (SSSR count). The molecule has 0 aromatic rings. The zero-order valence-electron chi connectivity index (χ0n) is 12.1. The Morgan fingerprint density at radius 1 is 0.833 bits per heavy atom. The van der Waals surface area contributed by atoms with Crippen molar-refractivity contribution >= 4 is 5.78 Å². The fourth-order valence-corrected chi connectivity index (χ4v) is 2.14. The summed E-state index contributed by atoms with van der Waals surface area (Å²) in [5, 5.41) is 10.1. The number of Topliss-reactive ketones (excluding diaryl/α,β-unsaturated/α-hetero) is 1. The first-order chi connectivity index (χ1) is 8.81. The van der Waals surface area contributed by atoms with Gasteiger partial charge in [0.25, 0.3) is 0 Å². The third kappa shape index (κ3) is 13.7. The van der Waals surface area contributed by atoms with Crippen LogP contribution in [0, 0.1) is 5.21 Å².